The molecule has 2 aliphatic carbocycles. The summed E-state index contributed by atoms with van der Waals surface area (Å²) in [5, 5.41) is 13.2. The molecule has 2 heteroatoms. The molecular formula is C13H25NO. The second-order valence-electron chi connectivity index (χ2n) is 5.89. The van der Waals surface area contributed by atoms with Crippen molar-refractivity contribution in [2.75, 3.05) is 6.61 Å². The van der Waals surface area contributed by atoms with Gasteiger partial charge in [-0.25, -0.2) is 0 Å². The summed E-state index contributed by atoms with van der Waals surface area (Å²) in [4.78, 5) is 0. The zero-order chi connectivity index (χ0) is 10.9. The van der Waals surface area contributed by atoms with Crippen LogP contribution in [0.3, 0.4) is 0 Å². The van der Waals surface area contributed by atoms with Gasteiger partial charge in [-0.05, 0) is 44.4 Å². The molecule has 15 heavy (non-hydrogen) atoms. The molecule has 4 unspecified atom stereocenters. The lowest BCUT2D eigenvalue weighted by atomic mass is 9.90. The summed E-state index contributed by atoms with van der Waals surface area (Å²) in [6, 6.07) is 0.687. The summed E-state index contributed by atoms with van der Waals surface area (Å²) < 4.78 is 0. The van der Waals surface area contributed by atoms with Crippen LogP contribution in [0, 0.1) is 11.8 Å². The molecule has 0 amide bonds. The second-order valence-corrected chi connectivity index (χ2v) is 5.89. The van der Waals surface area contributed by atoms with Gasteiger partial charge in [-0.3, -0.25) is 0 Å². The van der Waals surface area contributed by atoms with Crippen LogP contribution in [0.2, 0.25) is 0 Å². The van der Waals surface area contributed by atoms with E-state index in [-0.39, 0.29) is 12.1 Å². The molecule has 2 rings (SSSR count). The number of fused-ring (bicyclic) bond motifs is 2. The number of nitrogens with one attached hydrogen (secondary N) is 1. The minimum Gasteiger partial charge on any atom is -0.394 e. The number of hydrogen-bond donors (Lipinski definition) is 2. The fourth-order valence-electron chi connectivity index (χ4n) is 3.62. The predicted molar refractivity (Wildman–Crippen MR) is 62.8 cm³/mol. The SMILES string of the molecule is CCCC(C)(CO)NC1CC2CCC1C2. The van der Waals surface area contributed by atoms with Crippen LogP contribution in [0.4, 0.5) is 0 Å². The van der Waals surface area contributed by atoms with E-state index in [1.165, 1.54) is 25.7 Å². The highest BCUT2D eigenvalue weighted by Gasteiger charge is 2.41. The van der Waals surface area contributed by atoms with Crippen LogP contribution < -0.4 is 5.32 Å². The Labute approximate surface area is 93.5 Å². The molecule has 2 aliphatic rings. The monoisotopic (exact) mass is 211 g/mol. The van der Waals surface area contributed by atoms with Gasteiger partial charge in [0.15, 0.2) is 0 Å². The first-order chi connectivity index (χ1) is 7.17. The predicted octanol–water partition coefficient (Wildman–Crippen LogP) is 2.32. The fraction of sp³-hybridized carbons (Fsp3) is 1.00. The van der Waals surface area contributed by atoms with E-state index in [1.807, 2.05) is 0 Å². The molecule has 0 spiro atoms. The molecule has 2 N–H and O–H groups in total. The Kier molecular flexibility index (Phi) is 3.36. The molecular weight excluding hydrogens is 186 g/mol. The molecule has 0 aromatic heterocycles. The smallest absolute Gasteiger partial charge is 0.0610 e. The Balaban J connectivity index is 1.89. The van der Waals surface area contributed by atoms with E-state index in [0.29, 0.717) is 6.04 Å². The number of rotatable bonds is 5. The van der Waals surface area contributed by atoms with Gasteiger partial charge in [-0.15, -0.1) is 0 Å². The lowest BCUT2D eigenvalue weighted by Gasteiger charge is -2.35. The van der Waals surface area contributed by atoms with Gasteiger partial charge in [0.05, 0.1) is 6.61 Å². The van der Waals surface area contributed by atoms with Gasteiger partial charge in [0.1, 0.15) is 0 Å². The molecule has 0 radical (unpaired) electrons. The Hall–Kier alpha value is -0.0800. The molecule has 0 aromatic rings. The van der Waals surface area contributed by atoms with Gasteiger partial charge in [-0.2, -0.15) is 0 Å². The summed E-state index contributed by atoms with van der Waals surface area (Å²) in [7, 11) is 0. The number of hydrogen-bond acceptors (Lipinski definition) is 2. The van der Waals surface area contributed by atoms with E-state index in [9.17, 15) is 5.11 Å². The normalized spacial score (nSPS) is 38.2. The van der Waals surface area contributed by atoms with Gasteiger partial charge in [0, 0.05) is 11.6 Å². The molecule has 2 saturated carbocycles. The summed E-state index contributed by atoms with van der Waals surface area (Å²) in [6.45, 7) is 4.63. The van der Waals surface area contributed by atoms with Gasteiger partial charge in [0.25, 0.3) is 0 Å². The third-order valence-electron chi connectivity index (χ3n) is 4.42. The van der Waals surface area contributed by atoms with Crippen LogP contribution in [0.5, 0.6) is 0 Å². The average molecular weight is 211 g/mol. The summed E-state index contributed by atoms with van der Waals surface area (Å²) in [5.74, 6) is 1.88. The van der Waals surface area contributed by atoms with Crippen LogP contribution in [0.25, 0.3) is 0 Å². The van der Waals surface area contributed by atoms with Crippen LogP contribution >= 0.6 is 0 Å². The summed E-state index contributed by atoms with van der Waals surface area (Å²) >= 11 is 0. The van der Waals surface area contributed by atoms with Crippen molar-refractivity contribution in [2.24, 2.45) is 11.8 Å². The second kappa shape index (κ2) is 4.42. The van der Waals surface area contributed by atoms with Crippen molar-refractivity contribution < 1.29 is 5.11 Å². The molecule has 0 saturated heterocycles. The highest BCUT2D eigenvalue weighted by atomic mass is 16.3. The minimum atomic E-state index is -0.0378. The van der Waals surface area contributed by atoms with Crippen LogP contribution in [-0.4, -0.2) is 23.3 Å². The molecule has 0 aromatic carbocycles. The summed E-state index contributed by atoms with van der Waals surface area (Å²) in [6.07, 6.45) is 7.87. The molecule has 2 fully saturated rings. The molecule has 2 nitrogen and oxygen atoms in total. The maximum absolute atomic E-state index is 9.48. The van der Waals surface area contributed by atoms with Crippen molar-refractivity contribution in [3.8, 4) is 0 Å². The highest BCUT2D eigenvalue weighted by Crippen LogP contribution is 2.45. The standard InChI is InChI=1S/C13H25NO/c1-3-6-13(2,9-15)14-12-8-10-4-5-11(12)7-10/h10-12,14-15H,3-9H2,1-2H3. The molecule has 0 aliphatic heterocycles. The third kappa shape index (κ3) is 2.36. The van der Waals surface area contributed by atoms with Gasteiger partial charge >= 0.3 is 0 Å². The highest BCUT2D eigenvalue weighted by molar-refractivity contribution is 4.98. The van der Waals surface area contributed by atoms with E-state index >= 15 is 0 Å². The van der Waals surface area contributed by atoms with Crippen LogP contribution in [0.1, 0.15) is 52.4 Å². The first-order valence-electron chi connectivity index (χ1n) is 6.55. The van der Waals surface area contributed by atoms with Gasteiger partial charge < -0.3 is 10.4 Å². The largest absolute Gasteiger partial charge is 0.394 e. The zero-order valence-electron chi connectivity index (χ0n) is 10.1. The Morgan fingerprint density at radius 2 is 2.13 bits per heavy atom. The third-order valence-corrected chi connectivity index (χ3v) is 4.42. The van der Waals surface area contributed by atoms with E-state index in [4.69, 9.17) is 0 Å². The first-order valence-corrected chi connectivity index (χ1v) is 6.55. The molecule has 88 valence electrons. The van der Waals surface area contributed by atoms with E-state index in [2.05, 4.69) is 19.2 Å². The number of aliphatic hydroxyl groups is 1. The Bertz CT molecular complexity index is 219. The maximum atomic E-state index is 9.48. The zero-order valence-corrected chi connectivity index (χ0v) is 10.1. The van der Waals surface area contributed by atoms with Crippen molar-refractivity contribution in [2.45, 2.75) is 64.0 Å². The quantitative estimate of drug-likeness (QED) is 0.731. The lowest BCUT2D eigenvalue weighted by Crippen LogP contribution is -2.52. The van der Waals surface area contributed by atoms with Crippen LogP contribution in [0.15, 0.2) is 0 Å². The molecule has 0 heterocycles. The van der Waals surface area contributed by atoms with E-state index in [1.54, 1.807) is 0 Å². The van der Waals surface area contributed by atoms with E-state index in [0.717, 1.165) is 24.7 Å². The first kappa shape index (κ1) is 11.4. The number of aliphatic hydroxyl groups excluding tert-OH is 1. The van der Waals surface area contributed by atoms with Gasteiger partial charge in [0.2, 0.25) is 0 Å². The molecule has 2 bridgehead atoms. The average Bonchev–Trinajstić information content (AvgIpc) is 2.79. The molecule has 4 atom stereocenters. The summed E-state index contributed by atoms with van der Waals surface area (Å²) in [5.41, 5.74) is -0.0378. The van der Waals surface area contributed by atoms with Gasteiger partial charge in [-0.1, -0.05) is 19.8 Å². The Morgan fingerprint density at radius 1 is 1.33 bits per heavy atom. The van der Waals surface area contributed by atoms with Crippen LogP contribution in [-0.2, 0) is 0 Å². The van der Waals surface area contributed by atoms with Crippen molar-refractivity contribution >= 4 is 0 Å². The lowest BCUT2D eigenvalue weighted by molar-refractivity contribution is 0.138. The fourth-order valence-corrected chi connectivity index (χ4v) is 3.62. The van der Waals surface area contributed by atoms with Crippen molar-refractivity contribution in [3.05, 3.63) is 0 Å². The van der Waals surface area contributed by atoms with Crippen molar-refractivity contribution in [1.82, 2.24) is 5.32 Å². The topological polar surface area (TPSA) is 32.3 Å². The van der Waals surface area contributed by atoms with E-state index < -0.39 is 0 Å². The van der Waals surface area contributed by atoms with Crippen molar-refractivity contribution in [3.63, 3.8) is 0 Å². The Morgan fingerprint density at radius 3 is 2.60 bits per heavy atom. The maximum Gasteiger partial charge on any atom is 0.0610 e. The van der Waals surface area contributed by atoms with Crippen molar-refractivity contribution in [1.29, 1.82) is 0 Å². The minimum absolute atomic E-state index is 0.0378.